The van der Waals surface area contributed by atoms with Crippen LogP contribution in [0.4, 0.5) is 0 Å². The molecule has 2 rings (SSSR count). The van der Waals surface area contributed by atoms with E-state index in [1.807, 2.05) is 17.0 Å². The molecule has 0 radical (unpaired) electrons. The number of hydrogen-bond acceptors (Lipinski definition) is 3. The number of nitrogens with one attached hydrogen (secondary N) is 1. The fourth-order valence-electron chi connectivity index (χ4n) is 2.91. The van der Waals surface area contributed by atoms with Crippen LogP contribution in [0, 0.1) is 5.92 Å². The van der Waals surface area contributed by atoms with Crippen LogP contribution in [0.5, 0.6) is 0 Å². The SMILES string of the molecule is CC(=O)N1CCC(CCCNC(=O)Cc2cccnc2)CC1. The van der Waals surface area contributed by atoms with Crippen molar-refractivity contribution in [3.05, 3.63) is 30.1 Å². The van der Waals surface area contributed by atoms with E-state index in [2.05, 4.69) is 10.3 Å². The lowest BCUT2D eigenvalue weighted by molar-refractivity contribution is -0.130. The fourth-order valence-corrected chi connectivity index (χ4v) is 2.91. The van der Waals surface area contributed by atoms with E-state index in [-0.39, 0.29) is 11.8 Å². The predicted molar refractivity (Wildman–Crippen MR) is 85.2 cm³/mol. The molecule has 0 saturated carbocycles. The van der Waals surface area contributed by atoms with Gasteiger partial charge in [-0.3, -0.25) is 14.6 Å². The molecule has 1 saturated heterocycles. The maximum absolute atomic E-state index is 11.8. The van der Waals surface area contributed by atoms with E-state index < -0.39 is 0 Å². The normalized spacial score (nSPS) is 15.6. The average Bonchev–Trinajstić information content (AvgIpc) is 2.53. The summed E-state index contributed by atoms with van der Waals surface area (Å²) in [7, 11) is 0. The first-order chi connectivity index (χ1) is 10.6. The lowest BCUT2D eigenvalue weighted by Crippen LogP contribution is -2.37. The Hall–Kier alpha value is -1.91. The van der Waals surface area contributed by atoms with Crippen molar-refractivity contribution in [3.8, 4) is 0 Å². The Bertz CT molecular complexity index is 482. The average molecular weight is 303 g/mol. The van der Waals surface area contributed by atoms with Crippen LogP contribution >= 0.6 is 0 Å². The molecule has 0 aromatic carbocycles. The van der Waals surface area contributed by atoms with Crippen molar-refractivity contribution in [3.63, 3.8) is 0 Å². The van der Waals surface area contributed by atoms with Crippen molar-refractivity contribution in [2.75, 3.05) is 19.6 Å². The molecule has 0 unspecified atom stereocenters. The van der Waals surface area contributed by atoms with Gasteiger partial charge in [0, 0.05) is 39.0 Å². The maximum atomic E-state index is 11.8. The minimum atomic E-state index is 0.0550. The molecule has 0 atom stereocenters. The molecule has 0 spiro atoms. The van der Waals surface area contributed by atoms with Crippen molar-refractivity contribution < 1.29 is 9.59 Å². The zero-order valence-electron chi connectivity index (χ0n) is 13.3. The summed E-state index contributed by atoms with van der Waals surface area (Å²) >= 11 is 0. The number of carbonyl (C=O) groups excluding carboxylic acids is 2. The van der Waals surface area contributed by atoms with Gasteiger partial charge in [0.1, 0.15) is 0 Å². The molecule has 0 bridgehead atoms. The van der Waals surface area contributed by atoms with Crippen molar-refractivity contribution in [1.82, 2.24) is 15.2 Å². The van der Waals surface area contributed by atoms with Crippen molar-refractivity contribution in [1.29, 1.82) is 0 Å². The highest BCUT2D eigenvalue weighted by molar-refractivity contribution is 5.78. The van der Waals surface area contributed by atoms with E-state index in [0.717, 1.165) is 50.9 Å². The summed E-state index contributed by atoms with van der Waals surface area (Å²) < 4.78 is 0. The molecule has 0 aliphatic carbocycles. The molecule has 1 aromatic rings. The molecule has 1 aliphatic heterocycles. The number of piperidine rings is 1. The third-order valence-corrected chi connectivity index (χ3v) is 4.26. The lowest BCUT2D eigenvalue weighted by atomic mass is 9.92. The summed E-state index contributed by atoms with van der Waals surface area (Å²) in [5, 5.41) is 2.97. The summed E-state index contributed by atoms with van der Waals surface area (Å²) in [5.74, 6) is 0.923. The first kappa shape index (κ1) is 16.5. The zero-order chi connectivity index (χ0) is 15.8. The molecule has 1 N–H and O–H groups in total. The van der Waals surface area contributed by atoms with E-state index in [9.17, 15) is 9.59 Å². The van der Waals surface area contributed by atoms with Gasteiger partial charge in [-0.05, 0) is 43.2 Å². The molecule has 1 fully saturated rings. The van der Waals surface area contributed by atoms with Crippen LogP contribution in [0.1, 0.15) is 38.2 Å². The summed E-state index contributed by atoms with van der Waals surface area (Å²) in [5.41, 5.74) is 0.941. The van der Waals surface area contributed by atoms with E-state index in [0.29, 0.717) is 12.3 Å². The van der Waals surface area contributed by atoms with Gasteiger partial charge in [0.15, 0.2) is 0 Å². The second-order valence-corrected chi connectivity index (χ2v) is 5.98. The smallest absolute Gasteiger partial charge is 0.224 e. The van der Waals surface area contributed by atoms with Gasteiger partial charge in [0.05, 0.1) is 6.42 Å². The number of amides is 2. The maximum Gasteiger partial charge on any atom is 0.224 e. The van der Waals surface area contributed by atoms with Gasteiger partial charge >= 0.3 is 0 Å². The Kier molecular flexibility index (Phi) is 6.37. The number of carbonyl (C=O) groups is 2. The second-order valence-electron chi connectivity index (χ2n) is 5.98. The number of rotatable bonds is 6. The topological polar surface area (TPSA) is 62.3 Å². The Morgan fingerprint density at radius 3 is 2.77 bits per heavy atom. The second kappa shape index (κ2) is 8.51. The molecule has 2 amide bonds. The Balaban J connectivity index is 1.56. The van der Waals surface area contributed by atoms with Gasteiger partial charge < -0.3 is 10.2 Å². The molecule has 22 heavy (non-hydrogen) atoms. The zero-order valence-corrected chi connectivity index (χ0v) is 13.3. The fraction of sp³-hybridized carbons (Fsp3) is 0.588. The predicted octanol–water partition coefficient (Wildman–Crippen LogP) is 1.78. The van der Waals surface area contributed by atoms with Gasteiger partial charge in [-0.15, -0.1) is 0 Å². The van der Waals surface area contributed by atoms with E-state index >= 15 is 0 Å². The Labute approximate surface area is 132 Å². The molecular weight excluding hydrogens is 278 g/mol. The van der Waals surface area contributed by atoms with Crippen LogP contribution < -0.4 is 5.32 Å². The highest BCUT2D eigenvalue weighted by atomic mass is 16.2. The standard InChI is InChI=1S/C17H25N3O2/c1-14(21)20-10-6-15(7-11-20)4-3-9-19-17(22)12-16-5-2-8-18-13-16/h2,5,8,13,15H,3-4,6-7,9-12H2,1H3,(H,19,22). The van der Waals surface area contributed by atoms with Crippen LogP contribution in [0.2, 0.25) is 0 Å². The Morgan fingerprint density at radius 1 is 1.36 bits per heavy atom. The third-order valence-electron chi connectivity index (χ3n) is 4.26. The third kappa shape index (κ3) is 5.47. The van der Waals surface area contributed by atoms with Gasteiger partial charge in [-0.25, -0.2) is 0 Å². The van der Waals surface area contributed by atoms with Gasteiger partial charge in [-0.1, -0.05) is 6.07 Å². The number of aromatic nitrogens is 1. The first-order valence-electron chi connectivity index (χ1n) is 8.06. The van der Waals surface area contributed by atoms with Crippen LogP contribution in [0.25, 0.3) is 0 Å². The number of hydrogen-bond donors (Lipinski definition) is 1. The quantitative estimate of drug-likeness (QED) is 0.815. The number of likely N-dealkylation sites (tertiary alicyclic amines) is 1. The largest absolute Gasteiger partial charge is 0.356 e. The summed E-state index contributed by atoms with van der Waals surface area (Å²) in [6, 6.07) is 3.76. The monoisotopic (exact) mass is 303 g/mol. The van der Waals surface area contributed by atoms with E-state index in [4.69, 9.17) is 0 Å². The summed E-state index contributed by atoms with van der Waals surface area (Å²) in [6.07, 6.45) is 8.13. The summed E-state index contributed by atoms with van der Waals surface area (Å²) in [6.45, 7) is 4.13. The van der Waals surface area contributed by atoms with Crippen LogP contribution in [-0.2, 0) is 16.0 Å². The molecule has 5 nitrogen and oxygen atoms in total. The van der Waals surface area contributed by atoms with Crippen LogP contribution in [-0.4, -0.2) is 41.3 Å². The van der Waals surface area contributed by atoms with Crippen molar-refractivity contribution in [2.24, 2.45) is 5.92 Å². The number of nitrogens with zero attached hydrogens (tertiary/aromatic N) is 2. The van der Waals surface area contributed by atoms with Crippen molar-refractivity contribution >= 4 is 11.8 Å². The number of pyridine rings is 1. The highest BCUT2D eigenvalue weighted by Gasteiger charge is 2.20. The van der Waals surface area contributed by atoms with Gasteiger partial charge in [0.2, 0.25) is 11.8 Å². The minimum Gasteiger partial charge on any atom is -0.356 e. The molecule has 5 heteroatoms. The first-order valence-corrected chi connectivity index (χ1v) is 8.06. The Morgan fingerprint density at radius 2 is 2.14 bits per heavy atom. The molecule has 120 valence electrons. The van der Waals surface area contributed by atoms with Gasteiger partial charge in [-0.2, -0.15) is 0 Å². The molecular formula is C17H25N3O2. The summed E-state index contributed by atoms with van der Waals surface area (Å²) in [4.78, 5) is 29.0. The molecule has 1 aliphatic rings. The van der Waals surface area contributed by atoms with Crippen LogP contribution in [0.3, 0.4) is 0 Å². The molecule has 2 heterocycles. The van der Waals surface area contributed by atoms with Gasteiger partial charge in [0.25, 0.3) is 0 Å². The van der Waals surface area contributed by atoms with Crippen LogP contribution in [0.15, 0.2) is 24.5 Å². The lowest BCUT2D eigenvalue weighted by Gasteiger charge is -2.31. The minimum absolute atomic E-state index is 0.0550. The highest BCUT2D eigenvalue weighted by Crippen LogP contribution is 2.21. The van der Waals surface area contributed by atoms with Crippen molar-refractivity contribution in [2.45, 2.75) is 39.0 Å². The van der Waals surface area contributed by atoms with E-state index in [1.54, 1.807) is 19.3 Å². The van der Waals surface area contributed by atoms with E-state index in [1.165, 1.54) is 0 Å². The molecule has 1 aromatic heterocycles.